The predicted molar refractivity (Wildman–Crippen MR) is 109 cm³/mol. The minimum atomic E-state index is -0.503. The molecule has 0 aliphatic carbocycles. The zero-order chi connectivity index (χ0) is 18.6. The Bertz CT molecular complexity index is 592. The van der Waals surface area contributed by atoms with Gasteiger partial charge in [0.15, 0.2) is 0 Å². The standard InChI is InChI=1S/C20H29ClN2O3.ClH/c1-26-14-20(8-10-22-11-9-20)19(25)23-12-6-16(7-13-23)18(24)15-2-4-17(21)5-3-15;/h2-5,16,18,22,24H,6-14H2,1H3;1H. The number of amides is 1. The summed E-state index contributed by atoms with van der Waals surface area (Å²) in [6.45, 7) is 3.61. The molecule has 1 aromatic carbocycles. The quantitative estimate of drug-likeness (QED) is 0.773. The minimum Gasteiger partial charge on any atom is -0.388 e. The number of likely N-dealkylation sites (tertiary alicyclic amines) is 1. The van der Waals surface area contributed by atoms with Gasteiger partial charge in [0.05, 0.1) is 18.1 Å². The Morgan fingerprint density at radius 1 is 1.30 bits per heavy atom. The van der Waals surface area contributed by atoms with Crippen LogP contribution in [0.2, 0.25) is 5.02 Å². The number of benzene rings is 1. The number of hydrogen-bond donors (Lipinski definition) is 2. The molecule has 1 amide bonds. The summed E-state index contributed by atoms with van der Waals surface area (Å²) in [5, 5.41) is 14.7. The van der Waals surface area contributed by atoms with Gasteiger partial charge in [0.25, 0.3) is 0 Å². The molecule has 0 saturated carbocycles. The lowest BCUT2D eigenvalue weighted by molar-refractivity contribution is -0.149. The molecule has 1 unspecified atom stereocenters. The number of aliphatic hydroxyl groups excluding tert-OH is 1. The molecule has 7 heteroatoms. The Labute approximate surface area is 172 Å². The molecule has 3 rings (SSSR count). The number of nitrogens with zero attached hydrogens (tertiary/aromatic N) is 1. The zero-order valence-corrected chi connectivity index (χ0v) is 17.4. The second-order valence-corrected chi connectivity index (χ2v) is 8.03. The van der Waals surface area contributed by atoms with Gasteiger partial charge in [-0.1, -0.05) is 23.7 Å². The predicted octanol–water partition coefficient (Wildman–Crippen LogP) is 3.05. The Kier molecular flexibility index (Phi) is 8.38. The van der Waals surface area contributed by atoms with Crippen LogP contribution >= 0.6 is 24.0 Å². The van der Waals surface area contributed by atoms with Crippen molar-refractivity contribution in [2.24, 2.45) is 11.3 Å². The van der Waals surface area contributed by atoms with Crippen molar-refractivity contribution < 1.29 is 14.6 Å². The van der Waals surface area contributed by atoms with Gasteiger partial charge in [0.2, 0.25) is 5.91 Å². The van der Waals surface area contributed by atoms with Crippen molar-refractivity contribution in [1.29, 1.82) is 0 Å². The smallest absolute Gasteiger partial charge is 0.231 e. The van der Waals surface area contributed by atoms with Crippen LogP contribution in [-0.4, -0.2) is 55.8 Å². The van der Waals surface area contributed by atoms with Crippen LogP contribution in [0.5, 0.6) is 0 Å². The fourth-order valence-electron chi connectivity index (χ4n) is 4.29. The summed E-state index contributed by atoms with van der Waals surface area (Å²) in [4.78, 5) is 15.2. The van der Waals surface area contributed by atoms with Gasteiger partial charge < -0.3 is 20.1 Å². The summed E-state index contributed by atoms with van der Waals surface area (Å²) >= 11 is 5.93. The lowest BCUT2D eigenvalue weighted by Gasteiger charge is -2.42. The van der Waals surface area contributed by atoms with Crippen LogP contribution in [0.25, 0.3) is 0 Å². The van der Waals surface area contributed by atoms with E-state index >= 15 is 0 Å². The highest BCUT2D eigenvalue weighted by Gasteiger charge is 2.43. The molecule has 0 spiro atoms. The fraction of sp³-hybridized carbons (Fsp3) is 0.650. The summed E-state index contributed by atoms with van der Waals surface area (Å²) in [5.41, 5.74) is 0.509. The molecule has 0 radical (unpaired) electrons. The van der Waals surface area contributed by atoms with E-state index in [4.69, 9.17) is 16.3 Å². The van der Waals surface area contributed by atoms with Crippen molar-refractivity contribution >= 4 is 29.9 Å². The van der Waals surface area contributed by atoms with Gasteiger partial charge in [0.1, 0.15) is 0 Å². The fourth-order valence-corrected chi connectivity index (χ4v) is 4.41. The van der Waals surface area contributed by atoms with E-state index in [0.717, 1.165) is 44.3 Å². The monoisotopic (exact) mass is 416 g/mol. The lowest BCUT2D eigenvalue weighted by atomic mass is 9.77. The molecular weight excluding hydrogens is 387 g/mol. The van der Waals surface area contributed by atoms with Crippen LogP contribution in [0.3, 0.4) is 0 Å². The Balaban J connectivity index is 0.00000261. The summed E-state index contributed by atoms with van der Waals surface area (Å²) in [5.74, 6) is 0.395. The van der Waals surface area contributed by atoms with Crippen molar-refractivity contribution in [2.45, 2.75) is 31.8 Å². The van der Waals surface area contributed by atoms with Gasteiger partial charge in [-0.05, 0) is 62.4 Å². The van der Waals surface area contributed by atoms with Gasteiger partial charge in [-0.25, -0.2) is 0 Å². The summed E-state index contributed by atoms with van der Waals surface area (Å²) in [6, 6.07) is 7.38. The van der Waals surface area contributed by atoms with E-state index in [1.165, 1.54) is 0 Å². The molecule has 1 atom stereocenters. The number of rotatable bonds is 5. The lowest BCUT2D eigenvalue weighted by Crippen LogP contribution is -2.53. The van der Waals surface area contributed by atoms with Crippen molar-refractivity contribution in [3.8, 4) is 0 Å². The summed E-state index contributed by atoms with van der Waals surface area (Å²) in [7, 11) is 1.67. The maximum Gasteiger partial charge on any atom is 0.231 e. The van der Waals surface area contributed by atoms with E-state index in [-0.39, 0.29) is 29.6 Å². The summed E-state index contributed by atoms with van der Waals surface area (Å²) in [6.07, 6.45) is 2.78. The minimum absolute atomic E-state index is 0. The Morgan fingerprint density at radius 3 is 2.44 bits per heavy atom. The number of hydrogen-bond acceptors (Lipinski definition) is 4. The first kappa shape index (κ1) is 22.4. The molecule has 0 aromatic heterocycles. The molecule has 2 fully saturated rings. The van der Waals surface area contributed by atoms with E-state index in [9.17, 15) is 9.90 Å². The second-order valence-electron chi connectivity index (χ2n) is 7.59. The van der Waals surface area contributed by atoms with Crippen molar-refractivity contribution in [3.05, 3.63) is 34.9 Å². The van der Waals surface area contributed by atoms with E-state index in [1.54, 1.807) is 7.11 Å². The zero-order valence-electron chi connectivity index (χ0n) is 15.8. The molecule has 27 heavy (non-hydrogen) atoms. The SMILES string of the molecule is COCC1(C(=O)N2CCC(C(O)c3ccc(Cl)cc3)CC2)CCNCC1.Cl. The highest BCUT2D eigenvalue weighted by molar-refractivity contribution is 6.30. The van der Waals surface area contributed by atoms with Gasteiger partial charge in [-0.15, -0.1) is 12.4 Å². The highest BCUT2D eigenvalue weighted by atomic mass is 35.5. The van der Waals surface area contributed by atoms with Crippen molar-refractivity contribution in [3.63, 3.8) is 0 Å². The Hall–Kier alpha value is -0.850. The average Bonchev–Trinajstić information content (AvgIpc) is 2.68. The topological polar surface area (TPSA) is 61.8 Å². The number of methoxy groups -OCH3 is 1. The first-order valence-corrected chi connectivity index (χ1v) is 9.86. The molecule has 5 nitrogen and oxygen atoms in total. The largest absolute Gasteiger partial charge is 0.388 e. The molecule has 2 aliphatic rings. The number of carbonyl (C=O) groups is 1. The number of ether oxygens (including phenoxy) is 1. The van der Waals surface area contributed by atoms with Crippen LogP contribution in [0, 0.1) is 11.3 Å². The first-order chi connectivity index (χ1) is 12.6. The van der Waals surface area contributed by atoms with Crippen LogP contribution < -0.4 is 5.32 Å². The maximum absolute atomic E-state index is 13.2. The van der Waals surface area contributed by atoms with Crippen LogP contribution in [0.15, 0.2) is 24.3 Å². The van der Waals surface area contributed by atoms with Gasteiger partial charge in [-0.2, -0.15) is 0 Å². The number of piperidine rings is 2. The molecule has 152 valence electrons. The normalized spacial score (nSPS) is 21.4. The van der Waals surface area contributed by atoms with E-state index < -0.39 is 6.10 Å². The molecule has 2 saturated heterocycles. The van der Waals surface area contributed by atoms with Gasteiger partial charge in [-0.3, -0.25) is 4.79 Å². The molecule has 2 heterocycles. The van der Waals surface area contributed by atoms with E-state index in [2.05, 4.69) is 5.32 Å². The van der Waals surface area contributed by atoms with Gasteiger partial charge in [0, 0.05) is 25.2 Å². The third kappa shape index (κ3) is 5.15. The second kappa shape index (κ2) is 10.1. The van der Waals surface area contributed by atoms with Crippen molar-refractivity contribution in [2.75, 3.05) is 39.9 Å². The Morgan fingerprint density at radius 2 is 1.89 bits per heavy atom. The van der Waals surface area contributed by atoms with Gasteiger partial charge >= 0.3 is 0 Å². The van der Waals surface area contributed by atoms with Crippen LogP contribution in [0.1, 0.15) is 37.4 Å². The average molecular weight is 417 g/mol. The molecule has 2 N–H and O–H groups in total. The number of halogens is 2. The third-order valence-electron chi connectivity index (χ3n) is 5.92. The van der Waals surface area contributed by atoms with E-state index in [1.807, 2.05) is 29.2 Å². The number of aliphatic hydroxyl groups is 1. The van der Waals surface area contributed by atoms with Crippen LogP contribution in [0.4, 0.5) is 0 Å². The molecule has 1 aromatic rings. The number of nitrogens with one attached hydrogen (secondary N) is 1. The van der Waals surface area contributed by atoms with Crippen molar-refractivity contribution in [1.82, 2.24) is 10.2 Å². The summed E-state index contributed by atoms with van der Waals surface area (Å²) < 4.78 is 5.40. The molecule has 0 bridgehead atoms. The molecular formula is C20H30Cl2N2O3. The first-order valence-electron chi connectivity index (χ1n) is 9.48. The highest BCUT2D eigenvalue weighted by Crippen LogP contribution is 2.36. The third-order valence-corrected chi connectivity index (χ3v) is 6.17. The van der Waals surface area contributed by atoms with Crippen LogP contribution in [-0.2, 0) is 9.53 Å². The van der Waals surface area contributed by atoms with E-state index in [0.29, 0.717) is 24.7 Å². The maximum atomic E-state index is 13.2. The number of carbonyl (C=O) groups excluding carboxylic acids is 1. The molecule has 2 aliphatic heterocycles.